The van der Waals surface area contributed by atoms with E-state index in [4.69, 9.17) is 16.3 Å². The third kappa shape index (κ3) is 3.02. The second kappa shape index (κ2) is 6.18. The van der Waals surface area contributed by atoms with E-state index in [9.17, 15) is 5.11 Å². The number of thiophene rings is 1. The van der Waals surface area contributed by atoms with E-state index < -0.39 is 6.10 Å². The molecule has 0 amide bonds. The van der Waals surface area contributed by atoms with Crippen LogP contribution in [0.3, 0.4) is 0 Å². The summed E-state index contributed by atoms with van der Waals surface area (Å²) in [4.78, 5) is 4.80. The maximum Gasteiger partial charge on any atom is 0.137 e. The van der Waals surface area contributed by atoms with Crippen LogP contribution < -0.4 is 4.74 Å². The molecule has 2 aromatic heterocycles. The number of aliphatic hydroxyl groups excluding tert-OH is 1. The predicted molar refractivity (Wildman–Crippen MR) is 73.4 cm³/mol. The van der Waals surface area contributed by atoms with Crippen molar-refractivity contribution in [2.75, 3.05) is 6.61 Å². The summed E-state index contributed by atoms with van der Waals surface area (Å²) in [5.74, 6) is 0.668. The van der Waals surface area contributed by atoms with Gasteiger partial charge in [-0.2, -0.15) is 0 Å². The Labute approximate surface area is 115 Å². The molecule has 1 N–H and O–H groups in total. The summed E-state index contributed by atoms with van der Waals surface area (Å²) in [6, 6.07) is 3.57. The van der Waals surface area contributed by atoms with Gasteiger partial charge in [-0.3, -0.25) is 4.98 Å². The van der Waals surface area contributed by atoms with Crippen LogP contribution >= 0.6 is 22.9 Å². The lowest BCUT2D eigenvalue weighted by atomic mass is 10.1. The van der Waals surface area contributed by atoms with Gasteiger partial charge in [-0.1, -0.05) is 18.5 Å². The number of pyridine rings is 1. The van der Waals surface area contributed by atoms with Gasteiger partial charge in [-0.15, -0.1) is 11.3 Å². The van der Waals surface area contributed by atoms with Crippen LogP contribution in [-0.4, -0.2) is 16.7 Å². The van der Waals surface area contributed by atoms with Crippen molar-refractivity contribution >= 4 is 22.9 Å². The van der Waals surface area contributed by atoms with Crippen LogP contribution in [0.15, 0.2) is 29.9 Å². The summed E-state index contributed by atoms with van der Waals surface area (Å²) in [5, 5.41) is 12.7. The first-order chi connectivity index (χ1) is 8.72. The zero-order chi connectivity index (χ0) is 13.0. The molecular formula is C13H14ClNO2S. The molecule has 2 aromatic rings. The van der Waals surface area contributed by atoms with Crippen LogP contribution in [0, 0.1) is 0 Å². The van der Waals surface area contributed by atoms with Crippen LogP contribution in [0.5, 0.6) is 5.75 Å². The first-order valence-corrected chi connectivity index (χ1v) is 6.96. The Bertz CT molecular complexity index is 515. The van der Waals surface area contributed by atoms with Crippen molar-refractivity contribution in [3.05, 3.63) is 45.4 Å². The molecule has 18 heavy (non-hydrogen) atoms. The van der Waals surface area contributed by atoms with E-state index in [-0.39, 0.29) is 0 Å². The average Bonchev–Trinajstić information content (AvgIpc) is 2.82. The minimum absolute atomic E-state index is 0.576. The highest BCUT2D eigenvalue weighted by molar-refractivity contribution is 7.10. The SMILES string of the molecule is CCCOc1cncc(C(O)c2sccc2Cl)c1. The van der Waals surface area contributed by atoms with Gasteiger partial charge < -0.3 is 9.84 Å². The van der Waals surface area contributed by atoms with E-state index in [0.717, 1.165) is 11.3 Å². The fourth-order valence-electron chi connectivity index (χ4n) is 1.54. The number of hydrogen-bond donors (Lipinski definition) is 1. The number of aromatic nitrogens is 1. The van der Waals surface area contributed by atoms with Crippen molar-refractivity contribution < 1.29 is 9.84 Å². The molecule has 0 aliphatic rings. The highest BCUT2D eigenvalue weighted by Crippen LogP contribution is 2.33. The van der Waals surface area contributed by atoms with Crippen molar-refractivity contribution in [2.24, 2.45) is 0 Å². The first-order valence-electron chi connectivity index (χ1n) is 5.71. The maximum absolute atomic E-state index is 10.2. The Morgan fingerprint density at radius 1 is 1.50 bits per heavy atom. The molecule has 96 valence electrons. The quantitative estimate of drug-likeness (QED) is 0.910. The number of ether oxygens (including phenoxy) is 1. The molecule has 0 aliphatic heterocycles. The summed E-state index contributed by atoms with van der Waals surface area (Å²) in [7, 11) is 0. The fourth-order valence-corrected chi connectivity index (χ4v) is 2.71. The molecule has 1 atom stereocenters. The Kier molecular flexibility index (Phi) is 4.58. The topological polar surface area (TPSA) is 42.4 Å². The molecule has 0 fully saturated rings. The van der Waals surface area contributed by atoms with Gasteiger partial charge in [0, 0.05) is 11.8 Å². The molecule has 0 aliphatic carbocycles. The third-order valence-electron chi connectivity index (χ3n) is 2.42. The lowest BCUT2D eigenvalue weighted by Crippen LogP contribution is -2.01. The van der Waals surface area contributed by atoms with E-state index in [1.807, 2.05) is 12.3 Å². The molecule has 0 spiro atoms. The number of hydrogen-bond acceptors (Lipinski definition) is 4. The summed E-state index contributed by atoms with van der Waals surface area (Å²) >= 11 is 7.43. The predicted octanol–water partition coefficient (Wildman–Crippen LogP) is 3.67. The van der Waals surface area contributed by atoms with Gasteiger partial charge in [0.25, 0.3) is 0 Å². The lowest BCUT2D eigenvalue weighted by molar-refractivity contribution is 0.222. The average molecular weight is 284 g/mol. The van der Waals surface area contributed by atoms with Crippen LogP contribution in [0.2, 0.25) is 5.02 Å². The van der Waals surface area contributed by atoms with Crippen LogP contribution in [0.4, 0.5) is 0 Å². The molecule has 0 bridgehead atoms. The second-order valence-corrected chi connectivity index (χ2v) is 5.19. The highest BCUT2D eigenvalue weighted by Gasteiger charge is 2.16. The van der Waals surface area contributed by atoms with Gasteiger partial charge in [-0.25, -0.2) is 0 Å². The highest BCUT2D eigenvalue weighted by atomic mass is 35.5. The summed E-state index contributed by atoms with van der Waals surface area (Å²) in [5.41, 5.74) is 0.688. The zero-order valence-electron chi connectivity index (χ0n) is 9.97. The van der Waals surface area contributed by atoms with Crippen molar-refractivity contribution in [1.29, 1.82) is 0 Å². The van der Waals surface area contributed by atoms with E-state index >= 15 is 0 Å². The Hall–Kier alpha value is -1.10. The fraction of sp³-hybridized carbons (Fsp3) is 0.308. The normalized spacial score (nSPS) is 12.4. The number of rotatable bonds is 5. The molecule has 5 heteroatoms. The van der Waals surface area contributed by atoms with Gasteiger partial charge in [0.1, 0.15) is 11.9 Å². The zero-order valence-corrected chi connectivity index (χ0v) is 11.5. The number of nitrogens with zero attached hydrogens (tertiary/aromatic N) is 1. The Morgan fingerprint density at radius 2 is 2.33 bits per heavy atom. The molecule has 0 radical (unpaired) electrons. The Morgan fingerprint density at radius 3 is 3.00 bits per heavy atom. The number of halogens is 1. The van der Waals surface area contributed by atoms with Crippen LogP contribution in [-0.2, 0) is 0 Å². The molecule has 2 heterocycles. The van der Waals surface area contributed by atoms with E-state index in [1.165, 1.54) is 11.3 Å². The van der Waals surface area contributed by atoms with Crippen LogP contribution in [0.25, 0.3) is 0 Å². The lowest BCUT2D eigenvalue weighted by Gasteiger charge is -2.11. The first kappa shape index (κ1) is 13.3. The third-order valence-corrected chi connectivity index (χ3v) is 3.83. The van der Waals surface area contributed by atoms with Gasteiger partial charge in [0.2, 0.25) is 0 Å². The summed E-state index contributed by atoms with van der Waals surface area (Å²) in [6.45, 7) is 2.68. The largest absolute Gasteiger partial charge is 0.492 e. The molecular weight excluding hydrogens is 270 g/mol. The van der Waals surface area contributed by atoms with Crippen molar-refractivity contribution in [3.63, 3.8) is 0 Å². The standard InChI is InChI=1S/C13H14ClNO2S/c1-2-4-17-10-6-9(7-15-8-10)12(16)13-11(14)3-5-18-13/h3,5-8,12,16H,2,4H2,1H3. The number of aliphatic hydroxyl groups is 1. The molecule has 1 unspecified atom stereocenters. The Balaban J connectivity index is 2.20. The monoisotopic (exact) mass is 283 g/mol. The minimum Gasteiger partial charge on any atom is -0.492 e. The second-order valence-electron chi connectivity index (χ2n) is 3.84. The molecule has 0 aromatic carbocycles. The molecule has 0 saturated carbocycles. The summed E-state index contributed by atoms with van der Waals surface area (Å²) in [6.07, 6.45) is 3.44. The molecule has 2 rings (SSSR count). The summed E-state index contributed by atoms with van der Waals surface area (Å²) < 4.78 is 5.49. The van der Waals surface area contributed by atoms with Gasteiger partial charge >= 0.3 is 0 Å². The molecule has 0 saturated heterocycles. The van der Waals surface area contributed by atoms with Crippen molar-refractivity contribution in [2.45, 2.75) is 19.4 Å². The van der Waals surface area contributed by atoms with Gasteiger partial charge in [0.15, 0.2) is 0 Å². The smallest absolute Gasteiger partial charge is 0.137 e. The van der Waals surface area contributed by atoms with Gasteiger partial charge in [0.05, 0.1) is 22.7 Å². The minimum atomic E-state index is -0.754. The van der Waals surface area contributed by atoms with E-state index in [2.05, 4.69) is 4.98 Å². The van der Waals surface area contributed by atoms with Gasteiger partial charge in [-0.05, 0) is 23.9 Å². The van der Waals surface area contributed by atoms with Crippen molar-refractivity contribution in [1.82, 2.24) is 4.98 Å². The molecule has 3 nitrogen and oxygen atoms in total. The maximum atomic E-state index is 10.2. The van der Waals surface area contributed by atoms with Crippen molar-refractivity contribution in [3.8, 4) is 5.75 Å². The van der Waals surface area contributed by atoms with Crippen LogP contribution in [0.1, 0.15) is 29.9 Å². The van der Waals surface area contributed by atoms with E-state index in [0.29, 0.717) is 22.9 Å². The van der Waals surface area contributed by atoms with E-state index in [1.54, 1.807) is 24.5 Å².